The van der Waals surface area contributed by atoms with Crippen LogP contribution in [0, 0.1) is 10.1 Å². The summed E-state index contributed by atoms with van der Waals surface area (Å²) in [6.45, 7) is 1.89. The van der Waals surface area contributed by atoms with Crippen molar-refractivity contribution >= 4 is 22.5 Å². The second kappa shape index (κ2) is 9.65. The number of rotatable bonds is 7. The van der Waals surface area contributed by atoms with Gasteiger partial charge in [-0.05, 0) is 37.1 Å². The molecule has 176 valence electrons. The van der Waals surface area contributed by atoms with E-state index in [1.54, 1.807) is 33.4 Å². The van der Waals surface area contributed by atoms with Crippen molar-refractivity contribution in [2.24, 2.45) is 0 Å². The Labute approximate surface area is 194 Å². The molecule has 0 amide bonds. The van der Waals surface area contributed by atoms with Gasteiger partial charge in [0.25, 0.3) is 0 Å². The normalized spacial score (nSPS) is 22.0. The molecule has 1 aromatic heterocycles. The Hall–Kier alpha value is -3.35. The van der Waals surface area contributed by atoms with Gasteiger partial charge in [-0.1, -0.05) is 17.4 Å². The number of ether oxygens (including phenoxy) is 4. The number of carbonyl (C=O) groups is 1. The number of fused-ring (bicyclic) bond motifs is 1. The van der Waals surface area contributed by atoms with Crippen molar-refractivity contribution in [2.75, 3.05) is 20.8 Å². The minimum Gasteiger partial charge on any atom is -0.493 e. The highest BCUT2D eigenvalue weighted by molar-refractivity contribution is 7.15. The van der Waals surface area contributed by atoms with Gasteiger partial charge in [-0.3, -0.25) is 15.4 Å². The zero-order chi connectivity index (χ0) is 23.5. The summed E-state index contributed by atoms with van der Waals surface area (Å²) in [6.07, 6.45) is 0.886. The van der Waals surface area contributed by atoms with Gasteiger partial charge in [0, 0.05) is 17.0 Å². The van der Waals surface area contributed by atoms with Gasteiger partial charge in [-0.25, -0.2) is 4.79 Å². The molecule has 0 spiro atoms. The van der Waals surface area contributed by atoms with Gasteiger partial charge in [0.05, 0.1) is 38.0 Å². The van der Waals surface area contributed by atoms with Gasteiger partial charge in [0.1, 0.15) is 6.17 Å². The topological polar surface area (TPSA) is 124 Å². The number of nitro groups is 1. The zero-order valence-corrected chi connectivity index (χ0v) is 19.1. The SMILES string of the molecule is CCOC(=O)OC1=CNN2C1NC(c1ccc([N+](=O)[O-])s1)CC2c1ccc(OC)c(OC)c1. The van der Waals surface area contributed by atoms with Crippen LogP contribution in [0.2, 0.25) is 0 Å². The quantitative estimate of drug-likeness (QED) is 0.348. The number of nitrogens with one attached hydrogen (secondary N) is 2. The summed E-state index contributed by atoms with van der Waals surface area (Å²) < 4.78 is 21.1. The third-order valence-corrected chi connectivity index (χ3v) is 6.60. The van der Waals surface area contributed by atoms with Crippen molar-refractivity contribution in [3.63, 3.8) is 0 Å². The number of methoxy groups -OCH3 is 2. The first-order valence-electron chi connectivity index (χ1n) is 10.3. The van der Waals surface area contributed by atoms with E-state index in [0.717, 1.165) is 21.8 Å². The lowest BCUT2D eigenvalue weighted by molar-refractivity contribution is -0.380. The second-order valence-corrected chi connectivity index (χ2v) is 8.38. The van der Waals surface area contributed by atoms with Crippen LogP contribution in [0.15, 0.2) is 42.3 Å². The molecule has 1 aromatic carbocycles. The fourth-order valence-electron chi connectivity index (χ4n) is 3.97. The monoisotopic (exact) mass is 476 g/mol. The average molecular weight is 477 g/mol. The number of benzene rings is 1. The molecule has 3 unspecified atom stereocenters. The lowest BCUT2D eigenvalue weighted by Gasteiger charge is -2.42. The molecule has 2 aromatic rings. The van der Waals surface area contributed by atoms with Crippen LogP contribution in [0.25, 0.3) is 0 Å². The summed E-state index contributed by atoms with van der Waals surface area (Å²) in [5, 5.41) is 16.6. The molecule has 4 rings (SSSR count). The van der Waals surface area contributed by atoms with Crippen LogP contribution in [-0.2, 0) is 9.47 Å². The first kappa shape index (κ1) is 22.8. The molecule has 2 aliphatic rings. The third kappa shape index (κ3) is 4.58. The number of nitrogens with zero attached hydrogens (tertiary/aromatic N) is 2. The van der Waals surface area contributed by atoms with Crippen LogP contribution in [-0.4, -0.2) is 43.1 Å². The molecule has 0 aliphatic carbocycles. The van der Waals surface area contributed by atoms with Crippen molar-refractivity contribution in [1.82, 2.24) is 15.8 Å². The maximum absolute atomic E-state index is 11.9. The third-order valence-electron chi connectivity index (χ3n) is 5.45. The average Bonchev–Trinajstić information content (AvgIpc) is 3.46. The molecule has 3 heterocycles. The molecule has 0 saturated carbocycles. The summed E-state index contributed by atoms with van der Waals surface area (Å²) in [4.78, 5) is 23.6. The van der Waals surface area contributed by atoms with Gasteiger partial charge < -0.3 is 24.4 Å². The van der Waals surface area contributed by atoms with Gasteiger partial charge in [0.15, 0.2) is 17.3 Å². The fourth-order valence-corrected chi connectivity index (χ4v) is 4.86. The van der Waals surface area contributed by atoms with E-state index < -0.39 is 17.2 Å². The maximum atomic E-state index is 11.9. The predicted octanol–water partition coefficient (Wildman–Crippen LogP) is 3.61. The number of carbonyl (C=O) groups excluding carboxylic acids is 1. The first-order valence-corrected chi connectivity index (χ1v) is 11.1. The van der Waals surface area contributed by atoms with E-state index >= 15 is 0 Å². The Bertz CT molecular complexity index is 1070. The minimum absolute atomic E-state index is 0.0694. The van der Waals surface area contributed by atoms with Crippen molar-refractivity contribution in [1.29, 1.82) is 0 Å². The second-order valence-electron chi connectivity index (χ2n) is 7.29. The number of thiophene rings is 1. The maximum Gasteiger partial charge on any atom is 0.513 e. The Morgan fingerprint density at radius 2 is 2.03 bits per heavy atom. The van der Waals surface area contributed by atoms with Crippen LogP contribution in [0.5, 0.6) is 11.5 Å². The summed E-state index contributed by atoms with van der Waals surface area (Å²) >= 11 is 1.12. The van der Waals surface area contributed by atoms with Crippen LogP contribution in [0.1, 0.15) is 35.9 Å². The Balaban J connectivity index is 1.67. The molecule has 2 N–H and O–H groups in total. The fraction of sp³-hybridized carbons (Fsp3) is 0.381. The van der Waals surface area contributed by atoms with Gasteiger partial charge in [0.2, 0.25) is 0 Å². The molecular formula is C21H24N4O7S. The molecule has 2 aliphatic heterocycles. The Kier molecular flexibility index (Phi) is 6.67. The van der Waals surface area contributed by atoms with Gasteiger partial charge in [-0.2, -0.15) is 5.01 Å². The highest BCUT2D eigenvalue weighted by Gasteiger charge is 2.43. The van der Waals surface area contributed by atoms with Crippen LogP contribution < -0.4 is 20.2 Å². The Morgan fingerprint density at radius 3 is 2.70 bits per heavy atom. The number of hydrogen-bond acceptors (Lipinski definition) is 11. The Morgan fingerprint density at radius 1 is 1.24 bits per heavy atom. The molecule has 1 saturated heterocycles. The van der Waals surface area contributed by atoms with Crippen molar-refractivity contribution in [3.05, 3.63) is 62.8 Å². The van der Waals surface area contributed by atoms with E-state index in [2.05, 4.69) is 10.7 Å². The summed E-state index contributed by atoms with van der Waals surface area (Å²) in [6, 6.07) is 8.51. The zero-order valence-electron chi connectivity index (χ0n) is 18.3. The number of hydrazine groups is 1. The molecule has 12 heteroatoms. The summed E-state index contributed by atoms with van der Waals surface area (Å²) in [5.74, 6) is 1.54. The van der Waals surface area contributed by atoms with Crippen molar-refractivity contribution in [2.45, 2.75) is 31.6 Å². The van der Waals surface area contributed by atoms with E-state index in [0.29, 0.717) is 23.7 Å². The lowest BCUT2D eigenvalue weighted by Crippen LogP contribution is -2.55. The van der Waals surface area contributed by atoms with E-state index in [1.165, 1.54) is 6.07 Å². The molecule has 3 atom stereocenters. The molecule has 33 heavy (non-hydrogen) atoms. The number of hydrogen-bond donors (Lipinski definition) is 2. The summed E-state index contributed by atoms with van der Waals surface area (Å²) in [5.41, 5.74) is 4.10. The molecule has 1 fully saturated rings. The van der Waals surface area contributed by atoms with E-state index in [1.807, 2.05) is 23.2 Å². The van der Waals surface area contributed by atoms with E-state index in [9.17, 15) is 14.9 Å². The highest BCUT2D eigenvalue weighted by atomic mass is 32.1. The first-order chi connectivity index (χ1) is 15.9. The predicted molar refractivity (Wildman–Crippen MR) is 119 cm³/mol. The van der Waals surface area contributed by atoms with Crippen LogP contribution >= 0.6 is 11.3 Å². The van der Waals surface area contributed by atoms with Crippen molar-refractivity contribution < 1.29 is 28.7 Å². The largest absolute Gasteiger partial charge is 0.513 e. The van der Waals surface area contributed by atoms with E-state index in [4.69, 9.17) is 18.9 Å². The standard InChI is InChI=1S/C21H24N4O7S/c1-4-31-21(26)32-17-11-22-24-14(12-5-6-15(29-2)16(9-12)30-3)10-13(23-20(17)24)18-7-8-19(33-18)25(27)28/h5-9,11,13-14,20,22-23H,4,10H2,1-3H3. The molecule has 0 bridgehead atoms. The van der Waals surface area contributed by atoms with Crippen molar-refractivity contribution in [3.8, 4) is 11.5 Å². The molecular weight excluding hydrogens is 452 g/mol. The highest BCUT2D eigenvalue weighted by Crippen LogP contribution is 2.43. The molecule has 11 nitrogen and oxygen atoms in total. The lowest BCUT2D eigenvalue weighted by atomic mass is 9.94. The van der Waals surface area contributed by atoms with E-state index in [-0.39, 0.29) is 23.7 Å². The van der Waals surface area contributed by atoms with Gasteiger partial charge >= 0.3 is 11.2 Å². The van der Waals surface area contributed by atoms with Gasteiger partial charge in [-0.15, -0.1) is 0 Å². The summed E-state index contributed by atoms with van der Waals surface area (Å²) in [7, 11) is 3.14. The van der Waals surface area contributed by atoms with Crippen LogP contribution in [0.3, 0.4) is 0 Å². The minimum atomic E-state index is -0.800. The molecule has 0 radical (unpaired) electrons. The smallest absolute Gasteiger partial charge is 0.493 e. The van der Waals surface area contributed by atoms with Crippen LogP contribution in [0.4, 0.5) is 9.80 Å².